The second-order valence-electron chi connectivity index (χ2n) is 8.96. The summed E-state index contributed by atoms with van der Waals surface area (Å²) >= 11 is 0. The van der Waals surface area contributed by atoms with E-state index in [2.05, 4.69) is 50.3 Å². The third-order valence-electron chi connectivity index (χ3n) is 5.80. The Morgan fingerprint density at radius 2 is 1.89 bits per heavy atom. The summed E-state index contributed by atoms with van der Waals surface area (Å²) in [5, 5.41) is 2.68. The highest BCUT2D eigenvalue weighted by Crippen LogP contribution is 2.44. The van der Waals surface area contributed by atoms with Crippen molar-refractivity contribution in [1.82, 2.24) is 0 Å². The quantitative estimate of drug-likeness (QED) is 0.582. The Labute approximate surface area is 161 Å². The Kier molecular flexibility index (Phi) is 4.25. The highest BCUT2D eigenvalue weighted by molar-refractivity contribution is 5.95. The van der Waals surface area contributed by atoms with Gasteiger partial charge in [0.15, 0.2) is 0 Å². The summed E-state index contributed by atoms with van der Waals surface area (Å²) < 4.78 is 5.65. The molecule has 0 aliphatic heterocycles. The van der Waals surface area contributed by atoms with Gasteiger partial charge >= 0.3 is 5.97 Å². The third-order valence-corrected chi connectivity index (χ3v) is 5.80. The molecule has 0 radical (unpaired) electrons. The van der Waals surface area contributed by atoms with Gasteiger partial charge in [-0.15, -0.1) is 0 Å². The van der Waals surface area contributed by atoms with E-state index >= 15 is 0 Å². The lowest BCUT2D eigenvalue weighted by Gasteiger charge is -2.34. The van der Waals surface area contributed by atoms with Crippen LogP contribution in [0.15, 0.2) is 48.1 Å². The largest absolute Gasteiger partial charge is 0.459 e. The Morgan fingerprint density at radius 3 is 2.63 bits per heavy atom. The topological polar surface area (TPSA) is 26.3 Å². The van der Waals surface area contributed by atoms with Crippen LogP contribution in [-0.4, -0.2) is 11.6 Å². The minimum atomic E-state index is -0.449. The molecular weight excluding hydrogens is 332 g/mol. The number of aryl methyl sites for hydroxylation is 2. The van der Waals surface area contributed by atoms with Crippen LogP contribution in [0.2, 0.25) is 0 Å². The molecule has 4 rings (SSSR count). The molecule has 0 fully saturated rings. The zero-order valence-corrected chi connectivity index (χ0v) is 16.9. The van der Waals surface area contributed by atoms with Gasteiger partial charge in [0.2, 0.25) is 0 Å². The second-order valence-corrected chi connectivity index (χ2v) is 8.96. The molecule has 0 amide bonds. The fourth-order valence-corrected chi connectivity index (χ4v) is 4.51. The maximum Gasteiger partial charge on any atom is 0.313 e. The fraction of sp³-hybridized carbons (Fsp3) is 0.400. The Morgan fingerprint density at radius 1 is 1.11 bits per heavy atom. The maximum atomic E-state index is 12.7. The van der Waals surface area contributed by atoms with Gasteiger partial charge in [-0.25, -0.2) is 0 Å². The molecule has 2 nitrogen and oxygen atoms in total. The first-order valence-electron chi connectivity index (χ1n) is 9.91. The number of ether oxygens (including phenoxy) is 1. The summed E-state index contributed by atoms with van der Waals surface area (Å²) in [6.45, 7) is 10.1. The van der Waals surface area contributed by atoms with E-state index in [9.17, 15) is 4.79 Å². The highest BCUT2D eigenvalue weighted by Gasteiger charge is 2.35. The Hall–Kier alpha value is -2.35. The summed E-state index contributed by atoms with van der Waals surface area (Å²) in [7, 11) is 0. The number of fused-ring (bicyclic) bond motifs is 4. The van der Waals surface area contributed by atoms with E-state index in [4.69, 9.17) is 4.74 Å². The summed E-state index contributed by atoms with van der Waals surface area (Å²) in [5.41, 5.74) is 6.33. The summed E-state index contributed by atoms with van der Waals surface area (Å²) in [5.74, 6) is -0.119. The number of esters is 1. The molecule has 0 saturated heterocycles. The first kappa shape index (κ1) is 18.0. The molecule has 0 aromatic heterocycles. The van der Waals surface area contributed by atoms with Crippen molar-refractivity contribution in [3.05, 3.63) is 64.7 Å². The second kappa shape index (κ2) is 6.37. The van der Waals surface area contributed by atoms with Gasteiger partial charge in [-0.05, 0) is 73.9 Å². The molecule has 2 aromatic rings. The van der Waals surface area contributed by atoms with Crippen LogP contribution in [0.1, 0.15) is 50.8 Å². The lowest BCUT2D eigenvalue weighted by molar-refractivity contribution is -0.159. The van der Waals surface area contributed by atoms with Crippen molar-refractivity contribution in [1.29, 1.82) is 0 Å². The third kappa shape index (κ3) is 3.22. The van der Waals surface area contributed by atoms with Crippen LogP contribution in [-0.2, 0) is 16.0 Å². The predicted octanol–water partition coefficient (Wildman–Crippen LogP) is 6.01. The number of hydrogen-bond donors (Lipinski definition) is 0. The molecule has 0 heterocycles. The van der Waals surface area contributed by atoms with Crippen molar-refractivity contribution < 1.29 is 9.53 Å². The summed E-state index contributed by atoms with van der Waals surface area (Å²) in [6.07, 6.45) is 6.25. The van der Waals surface area contributed by atoms with E-state index in [1.165, 1.54) is 38.6 Å². The van der Waals surface area contributed by atoms with Gasteiger partial charge in [-0.1, -0.05) is 60.5 Å². The van der Waals surface area contributed by atoms with Crippen LogP contribution in [0, 0.1) is 18.8 Å². The Balaban J connectivity index is 1.72. The van der Waals surface area contributed by atoms with Crippen LogP contribution in [0.3, 0.4) is 0 Å². The smallest absolute Gasteiger partial charge is 0.313 e. The van der Waals surface area contributed by atoms with Crippen molar-refractivity contribution in [2.75, 3.05) is 0 Å². The van der Waals surface area contributed by atoms with Crippen molar-refractivity contribution in [3.63, 3.8) is 0 Å². The van der Waals surface area contributed by atoms with E-state index in [1.807, 2.05) is 26.8 Å². The molecule has 2 atom stereocenters. The zero-order valence-electron chi connectivity index (χ0n) is 16.9. The molecule has 2 heteroatoms. The SMILES string of the molecule is Cc1ccc2c3c(ccc2c1)C1=C(CC3)C(C)C(C(=O)OC(C)(C)C)C=C1. The number of carbonyl (C=O) groups is 1. The van der Waals surface area contributed by atoms with Crippen LogP contribution >= 0.6 is 0 Å². The monoisotopic (exact) mass is 360 g/mol. The lowest BCUT2D eigenvalue weighted by atomic mass is 9.72. The van der Waals surface area contributed by atoms with Gasteiger partial charge in [0.1, 0.15) is 5.60 Å². The summed E-state index contributed by atoms with van der Waals surface area (Å²) in [6, 6.07) is 11.2. The highest BCUT2D eigenvalue weighted by atomic mass is 16.6. The van der Waals surface area contributed by atoms with Crippen molar-refractivity contribution in [2.45, 2.75) is 53.1 Å². The standard InChI is InChI=1S/C25H28O2/c1-15-6-8-20-17(14-15)7-9-23-21-13-11-19(24(26)27-25(3,4)5)16(2)18(21)10-12-22(20)23/h6-9,11,13-14,16,19H,10,12H2,1-5H3. The normalized spacial score (nSPS) is 21.8. The van der Waals surface area contributed by atoms with E-state index in [0.717, 1.165) is 12.8 Å². The number of carbonyl (C=O) groups excluding carboxylic acids is 1. The van der Waals surface area contributed by atoms with E-state index < -0.39 is 5.60 Å². The molecule has 140 valence electrons. The molecular formula is C25H28O2. The fourth-order valence-electron chi connectivity index (χ4n) is 4.51. The molecule has 27 heavy (non-hydrogen) atoms. The molecule has 2 aliphatic rings. The molecule has 0 saturated carbocycles. The predicted molar refractivity (Wildman–Crippen MR) is 112 cm³/mol. The zero-order chi connectivity index (χ0) is 19.3. The maximum absolute atomic E-state index is 12.7. The van der Waals surface area contributed by atoms with Gasteiger partial charge in [0.25, 0.3) is 0 Å². The first-order valence-corrected chi connectivity index (χ1v) is 9.91. The Bertz CT molecular complexity index is 985. The molecule has 2 aromatic carbocycles. The van der Waals surface area contributed by atoms with Crippen molar-refractivity contribution >= 4 is 22.3 Å². The average molecular weight is 360 g/mol. The van der Waals surface area contributed by atoms with Crippen molar-refractivity contribution in [3.8, 4) is 0 Å². The lowest BCUT2D eigenvalue weighted by Crippen LogP contribution is -2.33. The minimum Gasteiger partial charge on any atom is -0.459 e. The van der Waals surface area contributed by atoms with E-state index in [1.54, 1.807) is 0 Å². The number of hydrogen-bond acceptors (Lipinski definition) is 2. The average Bonchev–Trinajstić information content (AvgIpc) is 2.59. The first-order chi connectivity index (χ1) is 12.7. The summed E-state index contributed by atoms with van der Waals surface area (Å²) in [4.78, 5) is 12.7. The minimum absolute atomic E-state index is 0.113. The molecule has 2 unspecified atom stereocenters. The van der Waals surface area contributed by atoms with E-state index in [0.29, 0.717) is 0 Å². The molecule has 2 aliphatic carbocycles. The van der Waals surface area contributed by atoms with Crippen LogP contribution in [0.25, 0.3) is 16.3 Å². The number of benzene rings is 2. The van der Waals surface area contributed by atoms with Crippen LogP contribution < -0.4 is 0 Å². The molecule has 0 spiro atoms. The van der Waals surface area contributed by atoms with E-state index in [-0.39, 0.29) is 17.8 Å². The van der Waals surface area contributed by atoms with Gasteiger partial charge in [-0.2, -0.15) is 0 Å². The van der Waals surface area contributed by atoms with Crippen LogP contribution in [0.4, 0.5) is 0 Å². The molecule has 0 bridgehead atoms. The number of allylic oxidation sites excluding steroid dienone is 3. The van der Waals surface area contributed by atoms with Gasteiger partial charge in [0, 0.05) is 0 Å². The molecule has 0 N–H and O–H groups in total. The van der Waals surface area contributed by atoms with Gasteiger partial charge in [0.05, 0.1) is 5.92 Å². The van der Waals surface area contributed by atoms with Gasteiger partial charge in [-0.3, -0.25) is 4.79 Å². The van der Waals surface area contributed by atoms with Gasteiger partial charge < -0.3 is 4.74 Å². The number of rotatable bonds is 1. The van der Waals surface area contributed by atoms with Crippen molar-refractivity contribution in [2.24, 2.45) is 11.8 Å². The van der Waals surface area contributed by atoms with Crippen LogP contribution in [0.5, 0.6) is 0 Å².